The van der Waals surface area contributed by atoms with Gasteiger partial charge in [-0.3, -0.25) is 0 Å². The maximum atomic E-state index is 9.32. The number of hydrogen-bond donors (Lipinski definition) is 1. The lowest BCUT2D eigenvalue weighted by Gasteiger charge is -2.11. The number of rotatable bonds is 4. The Morgan fingerprint density at radius 2 is 1.91 bits per heavy atom. The average molecular weight is 304 g/mol. The van der Waals surface area contributed by atoms with E-state index < -0.39 is 0 Å². The van der Waals surface area contributed by atoms with Crippen LogP contribution in [0.3, 0.4) is 0 Å². The minimum absolute atomic E-state index is 0.557. The van der Waals surface area contributed by atoms with Crippen LogP contribution in [-0.4, -0.2) is 16.1 Å². The van der Waals surface area contributed by atoms with E-state index in [0.717, 1.165) is 28.8 Å². The van der Waals surface area contributed by atoms with Crippen LogP contribution in [0.2, 0.25) is 0 Å². The first-order valence-corrected chi connectivity index (χ1v) is 7.78. The summed E-state index contributed by atoms with van der Waals surface area (Å²) in [6.07, 6.45) is 0.724. The Kier molecular flexibility index (Phi) is 4.14. The smallest absolute Gasteiger partial charge is 0.111 e. The van der Waals surface area contributed by atoms with Gasteiger partial charge in [-0.25, -0.2) is 4.98 Å². The predicted molar refractivity (Wildman–Crippen MR) is 92.2 cm³/mol. The SMILES string of the molecule is Cc1cc2nc(CCN)n(Cc3ccccc3C#N)c2cc1C. The van der Waals surface area contributed by atoms with Gasteiger partial charge in [-0.1, -0.05) is 18.2 Å². The largest absolute Gasteiger partial charge is 0.330 e. The lowest BCUT2D eigenvalue weighted by atomic mass is 10.1. The minimum Gasteiger partial charge on any atom is -0.330 e. The number of hydrogen-bond acceptors (Lipinski definition) is 3. The Bertz CT molecular complexity index is 900. The standard InChI is InChI=1S/C19H20N4/c1-13-9-17-18(10-14(13)2)23(19(22-17)7-8-20)12-16-6-4-3-5-15(16)11-21/h3-6,9-10H,7-8,12,20H2,1-2H3. The zero-order valence-electron chi connectivity index (χ0n) is 13.5. The molecule has 0 bridgehead atoms. The molecule has 116 valence electrons. The van der Waals surface area contributed by atoms with Gasteiger partial charge in [0, 0.05) is 6.42 Å². The molecule has 0 saturated carbocycles. The number of aromatic nitrogens is 2. The van der Waals surface area contributed by atoms with Crippen LogP contribution in [0.1, 0.15) is 28.1 Å². The number of imidazole rings is 1. The number of nitriles is 1. The van der Waals surface area contributed by atoms with Crippen molar-refractivity contribution in [3.8, 4) is 6.07 Å². The van der Waals surface area contributed by atoms with Crippen molar-refractivity contribution in [3.63, 3.8) is 0 Å². The molecule has 2 aromatic carbocycles. The molecule has 4 nitrogen and oxygen atoms in total. The molecule has 4 heteroatoms. The third kappa shape index (κ3) is 2.84. The van der Waals surface area contributed by atoms with Crippen molar-refractivity contribution >= 4 is 11.0 Å². The molecule has 0 atom stereocenters. The number of aryl methyl sites for hydroxylation is 2. The van der Waals surface area contributed by atoms with Crippen molar-refractivity contribution in [2.45, 2.75) is 26.8 Å². The third-order valence-corrected chi connectivity index (χ3v) is 4.28. The molecular formula is C19H20N4. The normalized spacial score (nSPS) is 10.9. The first kappa shape index (κ1) is 15.3. The van der Waals surface area contributed by atoms with Crippen molar-refractivity contribution in [2.75, 3.05) is 6.54 Å². The second kappa shape index (κ2) is 6.23. The zero-order valence-corrected chi connectivity index (χ0v) is 13.5. The van der Waals surface area contributed by atoms with Crippen LogP contribution in [-0.2, 0) is 13.0 Å². The molecule has 23 heavy (non-hydrogen) atoms. The van der Waals surface area contributed by atoms with Gasteiger partial charge in [-0.2, -0.15) is 5.26 Å². The van der Waals surface area contributed by atoms with Crippen molar-refractivity contribution in [2.24, 2.45) is 5.73 Å². The predicted octanol–water partition coefficient (Wildman–Crippen LogP) is 3.07. The summed E-state index contributed by atoms with van der Waals surface area (Å²) in [6, 6.07) is 14.3. The highest BCUT2D eigenvalue weighted by Crippen LogP contribution is 2.23. The van der Waals surface area contributed by atoms with Crippen LogP contribution in [0.4, 0.5) is 0 Å². The molecule has 0 aliphatic carbocycles. The zero-order chi connectivity index (χ0) is 16.4. The summed E-state index contributed by atoms with van der Waals surface area (Å²) in [5.74, 6) is 0.972. The fourth-order valence-electron chi connectivity index (χ4n) is 2.86. The third-order valence-electron chi connectivity index (χ3n) is 4.28. The molecule has 1 aromatic heterocycles. The highest BCUT2D eigenvalue weighted by atomic mass is 15.1. The van der Waals surface area contributed by atoms with Gasteiger partial charge in [-0.05, 0) is 55.3 Å². The molecule has 0 fully saturated rings. The van der Waals surface area contributed by atoms with E-state index in [-0.39, 0.29) is 0 Å². The highest BCUT2D eigenvalue weighted by molar-refractivity contribution is 5.78. The van der Waals surface area contributed by atoms with E-state index in [9.17, 15) is 5.26 Å². The molecule has 0 amide bonds. The molecule has 0 unspecified atom stereocenters. The van der Waals surface area contributed by atoms with Gasteiger partial charge in [0.2, 0.25) is 0 Å². The van der Waals surface area contributed by atoms with Crippen molar-refractivity contribution in [1.82, 2.24) is 9.55 Å². The van der Waals surface area contributed by atoms with E-state index in [2.05, 4.69) is 36.6 Å². The van der Waals surface area contributed by atoms with Gasteiger partial charge in [-0.15, -0.1) is 0 Å². The van der Waals surface area contributed by atoms with Crippen molar-refractivity contribution in [3.05, 3.63) is 64.5 Å². The monoisotopic (exact) mass is 304 g/mol. The second-order valence-electron chi connectivity index (χ2n) is 5.85. The Hall–Kier alpha value is -2.64. The summed E-state index contributed by atoms with van der Waals surface area (Å²) in [5, 5.41) is 9.32. The van der Waals surface area contributed by atoms with E-state index in [0.29, 0.717) is 18.7 Å². The maximum Gasteiger partial charge on any atom is 0.111 e. The molecule has 3 rings (SSSR count). The van der Waals surface area contributed by atoms with E-state index in [1.54, 1.807) is 0 Å². The summed E-state index contributed by atoms with van der Waals surface area (Å²) in [7, 11) is 0. The second-order valence-corrected chi connectivity index (χ2v) is 5.85. The van der Waals surface area contributed by atoms with Crippen LogP contribution in [0.25, 0.3) is 11.0 Å². The molecule has 0 saturated heterocycles. The molecule has 0 aliphatic heterocycles. The fraction of sp³-hybridized carbons (Fsp3) is 0.263. The van der Waals surface area contributed by atoms with Crippen molar-refractivity contribution < 1.29 is 0 Å². The van der Waals surface area contributed by atoms with E-state index in [4.69, 9.17) is 10.7 Å². The summed E-state index contributed by atoms with van der Waals surface area (Å²) in [6.45, 7) is 5.40. The van der Waals surface area contributed by atoms with Crippen LogP contribution in [0, 0.1) is 25.2 Å². The summed E-state index contributed by atoms with van der Waals surface area (Å²) < 4.78 is 2.19. The topological polar surface area (TPSA) is 67.6 Å². The molecular weight excluding hydrogens is 284 g/mol. The van der Waals surface area contributed by atoms with E-state index in [1.807, 2.05) is 24.3 Å². The minimum atomic E-state index is 0.557. The van der Waals surface area contributed by atoms with Crippen LogP contribution < -0.4 is 5.73 Å². The number of fused-ring (bicyclic) bond motifs is 1. The van der Waals surface area contributed by atoms with Gasteiger partial charge in [0.1, 0.15) is 5.82 Å². The Morgan fingerprint density at radius 1 is 1.17 bits per heavy atom. The Morgan fingerprint density at radius 3 is 2.65 bits per heavy atom. The molecule has 0 aliphatic rings. The van der Waals surface area contributed by atoms with Gasteiger partial charge < -0.3 is 10.3 Å². The summed E-state index contributed by atoms with van der Waals surface area (Å²) >= 11 is 0. The van der Waals surface area contributed by atoms with Crippen LogP contribution >= 0.6 is 0 Å². The van der Waals surface area contributed by atoms with Gasteiger partial charge in [0.15, 0.2) is 0 Å². The number of nitrogens with two attached hydrogens (primary N) is 1. The number of benzene rings is 2. The quantitative estimate of drug-likeness (QED) is 0.805. The van der Waals surface area contributed by atoms with E-state index in [1.165, 1.54) is 11.1 Å². The molecule has 0 radical (unpaired) electrons. The maximum absolute atomic E-state index is 9.32. The van der Waals surface area contributed by atoms with Crippen LogP contribution in [0.5, 0.6) is 0 Å². The Labute approximate surface area is 136 Å². The first-order valence-electron chi connectivity index (χ1n) is 7.78. The molecule has 1 heterocycles. The number of nitrogens with zero attached hydrogens (tertiary/aromatic N) is 3. The lowest BCUT2D eigenvalue weighted by Crippen LogP contribution is -2.11. The summed E-state index contributed by atoms with van der Waals surface area (Å²) in [4.78, 5) is 4.76. The van der Waals surface area contributed by atoms with Crippen LogP contribution in [0.15, 0.2) is 36.4 Å². The lowest BCUT2D eigenvalue weighted by molar-refractivity contribution is 0.733. The summed E-state index contributed by atoms with van der Waals surface area (Å²) in [5.41, 5.74) is 12.0. The molecule has 2 N–H and O–H groups in total. The molecule has 3 aromatic rings. The van der Waals surface area contributed by atoms with Gasteiger partial charge >= 0.3 is 0 Å². The fourth-order valence-corrected chi connectivity index (χ4v) is 2.86. The van der Waals surface area contributed by atoms with E-state index >= 15 is 0 Å². The highest BCUT2D eigenvalue weighted by Gasteiger charge is 2.13. The molecule has 0 spiro atoms. The van der Waals surface area contributed by atoms with Gasteiger partial charge in [0.25, 0.3) is 0 Å². The average Bonchev–Trinajstić information content (AvgIpc) is 2.86. The van der Waals surface area contributed by atoms with Gasteiger partial charge in [0.05, 0.1) is 29.2 Å². The Balaban J connectivity index is 2.16. The van der Waals surface area contributed by atoms with Crippen molar-refractivity contribution in [1.29, 1.82) is 5.26 Å². The first-order chi connectivity index (χ1) is 11.1.